The molecule has 0 aliphatic carbocycles. The number of carboxylic acids is 1. The predicted molar refractivity (Wildman–Crippen MR) is 247 cm³/mol. The van der Waals surface area contributed by atoms with Crippen LogP contribution >= 0.6 is 0 Å². The summed E-state index contributed by atoms with van der Waals surface area (Å²) in [5.74, 6) is -0.204. The van der Waals surface area contributed by atoms with E-state index < -0.39 is 29.7 Å². The van der Waals surface area contributed by atoms with Gasteiger partial charge in [-0.3, -0.25) is 9.59 Å². The second-order valence-electron chi connectivity index (χ2n) is 15.9. The maximum absolute atomic E-state index is 12.9. The first kappa shape index (κ1) is 45.7. The van der Waals surface area contributed by atoms with Crippen molar-refractivity contribution >= 4 is 79.4 Å². The molecule has 0 saturated carbocycles. The van der Waals surface area contributed by atoms with E-state index in [1.54, 1.807) is 58.4 Å². The maximum atomic E-state index is 12.9. The molecular weight excluding hydrogens is 849 g/mol. The normalized spacial score (nSPS) is 11.2. The number of hydrogen-bond donors (Lipinski definition) is 3. The molecule has 0 radical (unpaired) electrons. The first-order valence-corrected chi connectivity index (χ1v) is 20.7. The number of hydrogen-bond acceptors (Lipinski definition) is 15. The maximum Gasteiger partial charge on any atom is 0.437 e. The van der Waals surface area contributed by atoms with E-state index in [1.807, 2.05) is 87.5 Å². The van der Waals surface area contributed by atoms with Gasteiger partial charge in [-0.1, -0.05) is 60.7 Å². The summed E-state index contributed by atoms with van der Waals surface area (Å²) in [6.45, 7) is 8.74. The van der Waals surface area contributed by atoms with Crippen LogP contribution in [0.1, 0.15) is 43.3 Å². The quantitative estimate of drug-likeness (QED) is 0.0774. The van der Waals surface area contributed by atoms with Crippen molar-refractivity contribution in [1.82, 2.24) is 29.5 Å². The highest BCUT2D eigenvalue weighted by molar-refractivity contribution is 6.11. The van der Waals surface area contributed by atoms with Gasteiger partial charge < -0.3 is 39.4 Å². The minimum absolute atomic E-state index is 0.0776. The van der Waals surface area contributed by atoms with Gasteiger partial charge in [0.1, 0.15) is 43.4 Å². The lowest BCUT2D eigenvalue weighted by Crippen LogP contribution is -2.28. The Morgan fingerprint density at radius 3 is 1.44 bits per heavy atom. The highest BCUT2D eigenvalue weighted by Gasteiger charge is 2.25. The van der Waals surface area contributed by atoms with Crippen LogP contribution in [-0.2, 0) is 37.0 Å². The molecule has 18 heteroatoms. The number of methoxy groups -OCH3 is 2. The van der Waals surface area contributed by atoms with Gasteiger partial charge in [0.15, 0.2) is 11.3 Å². The number of carbonyl (C=O) groups excluding carboxylic acids is 3. The molecule has 4 aromatic heterocycles. The number of pyridine rings is 2. The molecular formula is C48H48N8O10. The van der Waals surface area contributed by atoms with Gasteiger partial charge in [0.2, 0.25) is 0 Å². The summed E-state index contributed by atoms with van der Waals surface area (Å²) in [6, 6.07) is 29.3. The van der Waals surface area contributed by atoms with Crippen molar-refractivity contribution in [2.45, 2.75) is 53.4 Å². The molecule has 0 aliphatic heterocycles. The van der Waals surface area contributed by atoms with Crippen LogP contribution < -0.4 is 20.1 Å². The zero-order chi connectivity index (χ0) is 47.1. The molecule has 0 fully saturated rings. The molecule has 0 spiro atoms. The van der Waals surface area contributed by atoms with E-state index in [0.717, 1.165) is 25.9 Å². The third-order valence-corrected chi connectivity index (χ3v) is 9.97. The van der Waals surface area contributed by atoms with Crippen LogP contribution in [0.2, 0.25) is 0 Å². The van der Waals surface area contributed by atoms with Crippen LogP contribution in [0.5, 0.6) is 11.5 Å². The summed E-state index contributed by atoms with van der Waals surface area (Å²) in [6.07, 6.45) is -1.32. The number of benzene rings is 4. The summed E-state index contributed by atoms with van der Waals surface area (Å²) < 4.78 is 29.3. The largest absolute Gasteiger partial charge is 0.497 e. The molecule has 3 N–H and O–H groups in total. The number of aryl methyl sites for hydroxylation is 2. The zero-order valence-corrected chi connectivity index (χ0v) is 37.4. The van der Waals surface area contributed by atoms with Crippen molar-refractivity contribution in [2.75, 3.05) is 37.9 Å². The van der Waals surface area contributed by atoms with Gasteiger partial charge in [0.05, 0.1) is 58.8 Å². The number of aliphatic carboxylic acids is 1. The molecule has 0 atom stereocenters. The second kappa shape index (κ2) is 19.6. The summed E-state index contributed by atoms with van der Waals surface area (Å²) in [7, 11) is 3.12. The monoisotopic (exact) mass is 896 g/mol. The number of fused-ring (bicyclic) bond motifs is 4. The van der Waals surface area contributed by atoms with Crippen molar-refractivity contribution < 1.29 is 48.0 Å². The van der Waals surface area contributed by atoms with Gasteiger partial charge >= 0.3 is 24.1 Å². The van der Waals surface area contributed by atoms with Crippen molar-refractivity contribution in [3.63, 3.8) is 0 Å². The number of aromatic nitrogens is 6. The Morgan fingerprint density at radius 2 is 1.05 bits per heavy atom. The van der Waals surface area contributed by atoms with E-state index in [2.05, 4.69) is 30.8 Å². The third kappa shape index (κ3) is 10.4. The lowest BCUT2D eigenvalue weighted by atomic mass is 10.1. The van der Waals surface area contributed by atoms with Crippen molar-refractivity contribution in [3.05, 3.63) is 120 Å². The summed E-state index contributed by atoms with van der Waals surface area (Å²) in [4.78, 5) is 58.6. The van der Waals surface area contributed by atoms with Crippen molar-refractivity contribution in [2.24, 2.45) is 0 Å². The van der Waals surface area contributed by atoms with Crippen LogP contribution in [0.4, 0.5) is 21.0 Å². The number of nitrogens with one attached hydrogen (secondary N) is 2. The van der Waals surface area contributed by atoms with E-state index in [1.165, 1.54) is 0 Å². The lowest BCUT2D eigenvalue weighted by molar-refractivity contribution is -0.152. The van der Waals surface area contributed by atoms with Gasteiger partial charge in [-0.15, -0.1) is 9.36 Å². The minimum Gasteiger partial charge on any atom is -0.497 e. The molecule has 0 bridgehead atoms. The van der Waals surface area contributed by atoms with Crippen molar-refractivity contribution in [3.8, 4) is 11.5 Å². The Balaban J connectivity index is 0.000000198. The average Bonchev–Trinajstić information content (AvgIpc) is 3.82. The van der Waals surface area contributed by atoms with Gasteiger partial charge in [0.25, 0.3) is 0 Å². The van der Waals surface area contributed by atoms with E-state index in [0.29, 0.717) is 67.1 Å². The van der Waals surface area contributed by atoms with Crippen LogP contribution in [0.3, 0.4) is 0 Å². The Bertz CT molecular complexity index is 3090. The number of carbonyl (C=O) groups is 4. The summed E-state index contributed by atoms with van der Waals surface area (Å²) >= 11 is 0. The van der Waals surface area contributed by atoms with Crippen molar-refractivity contribution in [1.29, 1.82) is 0 Å². The smallest absolute Gasteiger partial charge is 0.437 e. The standard InChI is InChI=1S/C26H28N4O5.C22H20N4O5/c1-16-22-23(27-14-21(31)35-26(2,3)4)19-13-18(33-5)11-12-20(19)28-24(22)30(29-16)25(32)34-15-17-9-7-6-8-10-17;1-13-19-20(23-11-18(27)28)16-10-15(30-2)8-9-17(16)24-21(19)26(25-13)22(29)31-12-14-6-4-3-5-7-14/h6-13H,14-15H2,1-5H3,(H,27,28);3-10H,11-12H2,1-2H3,(H,23,24)(H,27,28). The molecule has 8 aromatic rings. The summed E-state index contributed by atoms with van der Waals surface area (Å²) in [5.41, 5.74) is 5.04. The fourth-order valence-corrected chi connectivity index (χ4v) is 7.08. The van der Waals surface area contributed by atoms with E-state index >= 15 is 0 Å². The molecule has 4 heterocycles. The number of carboxylic acid groups (broad SMARTS) is 1. The van der Waals surface area contributed by atoms with Gasteiger partial charge in [-0.25, -0.2) is 19.6 Å². The molecule has 4 aromatic carbocycles. The number of esters is 1. The molecule has 0 aliphatic rings. The van der Waals surface area contributed by atoms with Crippen LogP contribution in [0.25, 0.3) is 43.9 Å². The van der Waals surface area contributed by atoms with E-state index in [9.17, 15) is 19.2 Å². The van der Waals surface area contributed by atoms with Gasteiger partial charge in [-0.05, 0) is 82.1 Å². The first-order chi connectivity index (χ1) is 31.6. The zero-order valence-electron chi connectivity index (χ0n) is 37.4. The minimum atomic E-state index is -1.02. The highest BCUT2D eigenvalue weighted by Crippen LogP contribution is 2.36. The molecule has 0 amide bonds. The van der Waals surface area contributed by atoms with Crippen LogP contribution in [-0.4, -0.2) is 91.7 Å². The molecule has 66 heavy (non-hydrogen) atoms. The van der Waals surface area contributed by atoms with E-state index in [4.69, 9.17) is 28.8 Å². The van der Waals surface area contributed by atoms with E-state index in [-0.39, 0.29) is 32.0 Å². The molecule has 340 valence electrons. The fourth-order valence-electron chi connectivity index (χ4n) is 7.08. The predicted octanol–water partition coefficient (Wildman–Crippen LogP) is 8.42. The molecule has 8 rings (SSSR count). The van der Waals surface area contributed by atoms with Crippen LogP contribution in [0, 0.1) is 13.8 Å². The molecule has 0 saturated heterocycles. The number of anilines is 2. The lowest BCUT2D eigenvalue weighted by Gasteiger charge is -2.20. The number of ether oxygens (including phenoxy) is 5. The third-order valence-electron chi connectivity index (χ3n) is 9.97. The first-order valence-electron chi connectivity index (χ1n) is 20.7. The summed E-state index contributed by atoms with van der Waals surface area (Å²) in [5, 5.41) is 26.5. The Hall–Kier alpha value is -8.28. The fraction of sp³-hybridized carbons (Fsp3) is 0.250. The van der Waals surface area contributed by atoms with Gasteiger partial charge in [-0.2, -0.15) is 10.2 Å². The average molecular weight is 897 g/mol. The Kier molecular flexibility index (Phi) is 13.6. The van der Waals surface area contributed by atoms with Crippen LogP contribution in [0.15, 0.2) is 97.1 Å². The highest BCUT2D eigenvalue weighted by atomic mass is 16.6. The molecule has 18 nitrogen and oxygen atoms in total. The molecule has 0 unspecified atom stereocenters. The number of rotatable bonds is 12. The topological polar surface area (TPSA) is 220 Å². The second-order valence-corrected chi connectivity index (χ2v) is 15.9. The number of nitrogens with zero attached hydrogens (tertiary/aromatic N) is 6. The Morgan fingerprint density at radius 1 is 0.621 bits per heavy atom. The Labute approximate surface area is 378 Å². The van der Waals surface area contributed by atoms with Gasteiger partial charge in [0, 0.05) is 10.8 Å². The SMILES string of the molecule is COc1ccc2nc3c(c(C)nn3C(=O)OCc3ccccc3)c(NCC(=O)O)c2c1.COc1ccc2nc3c(c(C)nn3C(=O)OCc3ccccc3)c(NCC(=O)OC(C)(C)C)c2c1.